The Morgan fingerprint density at radius 1 is 0.679 bits per heavy atom. The second kappa shape index (κ2) is 8.13. The molecule has 3 aromatic rings. The first-order valence-electron chi connectivity index (χ1n) is 8.17. The zero-order valence-electron chi connectivity index (χ0n) is 14.8. The molecule has 0 aliphatic carbocycles. The second-order valence-corrected chi connectivity index (χ2v) is 5.69. The van der Waals surface area contributed by atoms with E-state index in [9.17, 15) is 19.8 Å². The second-order valence-electron chi connectivity index (χ2n) is 5.69. The van der Waals surface area contributed by atoms with E-state index in [1.165, 1.54) is 73.8 Å². The summed E-state index contributed by atoms with van der Waals surface area (Å²) in [5.74, 6) is -0.637. The standard InChI is InChI=1S/C21H16O7/c1-26-19-12-17(27-20(24)13-2-6-15(22)7-3-13)10-11-18(19)28-21(25)14-4-8-16(23)9-5-14/h2-12,22-23H,1H3. The highest BCUT2D eigenvalue weighted by molar-refractivity contribution is 5.92. The Hall–Kier alpha value is -4.00. The maximum atomic E-state index is 12.2. The molecule has 0 bridgehead atoms. The molecular weight excluding hydrogens is 364 g/mol. The van der Waals surface area contributed by atoms with Crippen molar-refractivity contribution in [3.05, 3.63) is 77.9 Å². The van der Waals surface area contributed by atoms with E-state index >= 15 is 0 Å². The summed E-state index contributed by atoms with van der Waals surface area (Å²) in [6.45, 7) is 0. The van der Waals surface area contributed by atoms with Gasteiger partial charge in [0.1, 0.15) is 17.2 Å². The van der Waals surface area contributed by atoms with Crippen LogP contribution in [0, 0.1) is 0 Å². The quantitative estimate of drug-likeness (QED) is 0.515. The van der Waals surface area contributed by atoms with Crippen molar-refractivity contribution in [2.45, 2.75) is 0 Å². The molecule has 0 saturated heterocycles. The van der Waals surface area contributed by atoms with Gasteiger partial charge in [0.15, 0.2) is 11.5 Å². The first-order chi connectivity index (χ1) is 13.5. The number of rotatable bonds is 5. The summed E-state index contributed by atoms with van der Waals surface area (Å²) < 4.78 is 15.8. The number of phenolic OH excluding ortho intramolecular Hbond substituents is 2. The number of esters is 2. The fraction of sp³-hybridized carbons (Fsp3) is 0.0476. The van der Waals surface area contributed by atoms with Crippen LogP contribution >= 0.6 is 0 Å². The molecule has 2 N–H and O–H groups in total. The van der Waals surface area contributed by atoms with Crippen molar-refractivity contribution in [3.63, 3.8) is 0 Å². The number of methoxy groups -OCH3 is 1. The molecule has 0 heterocycles. The Balaban J connectivity index is 1.74. The molecule has 28 heavy (non-hydrogen) atoms. The third kappa shape index (κ3) is 4.39. The maximum Gasteiger partial charge on any atom is 0.343 e. The van der Waals surface area contributed by atoms with Gasteiger partial charge in [-0.2, -0.15) is 0 Å². The summed E-state index contributed by atoms with van der Waals surface area (Å²) in [5, 5.41) is 18.6. The predicted molar refractivity (Wildman–Crippen MR) is 99.1 cm³/mol. The average molecular weight is 380 g/mol. The van der Waals surface area contributed by atoms with Gasteiger partial charge in [0, 0.05) is 6.07 Å². The first kappa shape index (κ1) is 18.8. The van der Waals surface area contributed by atoms with Crippen LogP contribution in [-0.2, 0) is 0 Å². The number of ether oxygens (including phenoxy) is 3. The van der Waals surface area contributed by atoms with Gasteiger partial charge in [0.2, 0.25) is 0 Å². The Morgan fingerprint density at radius 3 is 1.68 bits per heavy atom. The van der Waals surface area contributed by atoms with Gasteiger partial charge in [-0.25, -0.2) is 9.59 Å². The molecule has 142 valence electrons. The van der Waals surface area contributed by atoms with Crippen LogP contribution in [-0.4, -0.2) is 29.3 Å². The van der Waals surface area contributed by atoms with Crippen molar-refractivity contribution >= 4 is 11.9 Å². The molecular formula is C21H16O7. The molecule has 0 spiro atoms. The number of carbonyl (C=O) groups is 2. The summed E-state index contributed by atoms with van der Waals surface area (Å²) >= 11 is 0. The smallest absolute Gasteiger partial charge is 0.343 e. The first-order valence-corrected chi connectivity index (χ1v) is 8.17. The summed E-state index contributed by atoms with van der Waals surface area (Å²) in [7, 11) is 1.39. The molecule has 0 aromatic heterocycles. The Kier molecular flexibility index (Phi) is 5.45. The number of benzene rings is 3. The number of aromatic hydroxyl groups is 2. The summed E-state index contributed by atoms with van der Waals surface area (Å²) in [5.41, 5.74) is 0.516. The van der Waals surface area contributed by atoms with Crippen molar-refractivity contribution in [2.24, 2.45) is 0 Å². The van der Waals surface area contributed by atoms with Gasteiger partial charge in [-0.1, -0.05) is 0 Å². The maximum absolute atomic E-state index is 12.2. The largest absolute Gasteiger partial charge is 0.508 e. The molecule has 7 heteroatoms. The highest BCUT2D eigenvalue weighted by Gasteiger charge is 2.15. The Bertz CT molecular complexity index is 992. The molecule has 0 unspecified atom stereocenters. The van der Waals surface area contributed by atoms with E-state index in [0.29, 0.717) is 0 Å². The van der Waals surface area contributed by atoms with Crippen LogP contribution in [0.25, 0.3) is 0 Å². The van der Waals surface area contributed by atoms with Gasteiger partial charge in [-0.3, -0.25) is 0 Å². The summed E-state index contributed by atoms with van der Waals surface area (Å²) in [6, 6.07) is 15.5. The van der Waals surface area contributed by atoms with Crippen molar-refractivity contribution in [2.75, 3.05) is 7.11 Å². The lowest BCUT2D eigenvalue weighted by Gasteiger charge is -2.11. The number of carbonyl (C=O) groups excluding carboxylic acids is 2. The predicted octanol–water partition coefficient (Wildman–Crippen LogP) is 3.54. The lowest BCUT2D eigenvalue weighted by molar-refractivity contribution is 0.0715. The van der Waals surface area contributed by atoms with E-state index in [1.807, 2.05) is 0 Å². The Morgan fingerprint density at radius 2 is 1.18 bits per heavy atom. The van der Waals surface area contributed by atoms with Gasteiger partial charge in [-0.15, -0.1) is 0 Å². The van der Waals surface area contributed by atoms with E-state index in [0.717, 1.165) is 0 Å². The molecule has 0 saturated carbocycles. The van der Waals surface area contributed by atoms with Crippen LogP contribution in [0.5, 0.6) is 28.7 Å². The Labute approximate surface area is 160 Å². The van der Waals surface area contributed by atoms with Gasteiger partial charge in [0.05, 0.1) is 18.2 Å². The molecule has 3 rings (SSSR count). The number of phenols is 2. The third-order valence-corrected chi connectivity index (χ3v) is 3.75. The topological polar surface area (TPSA) is 102 Å². The van der Waals surface area contributed by atoms with Gasteiger partial charge in [-0.05, 0) is 60.7 Å². The molecule has 0 atom stereocenters. The van der Waals surface area contributed by atoms with Crippen LogP contribution in [0.15, 0.2) is 66.7 Å². The molecule has 7 nitrogen and oxygen atoms in total. The van der Waals surface area contributed by atoms with E-state index in [-0.39, 0.29) is 39.9 Å². The van der Waals surface area contributed by atoms with Gasteiger partial charge in [0.25, 0.3) is 0 Å². The van der Waals surface area contributed by atoms with E-state index in [4.69, 9.17) is 14.2 Å². The monoisotopic (exact) mass is 380 g/mol. The fourth-order valence-corrected chi connectivity index (χ4v) is 2.32. The van der Waals surface area contributed by atoms with Gasteiger partial charge < -0.3 is 24.4 Å². The van der Waals surface area contributed by atoms with E-state index in [2.05, 4.69) is 0 Å². The minimum Gasteiger partial charge on any atom is -0.508 e. The van der Waals surface area contributed by atoms with Gasteiger partial charge >= 0.3 is 11.9 Å². The summed E-state index contributed by atoms with van der Waals surface area (Å²) in [6.07, 6.45) is 0. The van der Waals surface area contributed by atoms with Crippen LogP contribution in [0.3, 0.4) is 0 Å². The minimum atomic E-state index is -0.632. The molecule has 0 aliphatic rings. The summed E-state index contributed by atoms with van der Waals surface area (Å²) in [4.78, 5) is 24.4. The lowest BCUT2D eigenvalue weighted by atomic mass is 10.2. The fourth-order valence-electron chi connectivity index (χ4n) is 2.32. The van der Waals surface area contributed by atoms with Crippen LogP contribution in [0.2, 0.25) is 0 Å². The van der Waals surface area contributed by atoms with Crippen LogP contribution in [0.4, 0.5) is 0 Å². The SMILES string of the molecule is COc1cc(OC(=O)c2ccc(O)cc2)ccc1OC(=O)c1ccc(O)cc1. The average Bonchev–Trinajstić information content (AvgIpc) is 2.70. The lowest BCUT2D eigenvalue weighted by Crippen LogP contribution is -2.10. The highest BCUT2D eigenvalue weighted by atomic mass is 16.6. The van der Waals surface area contributed by atoms with E-state index in [1.54, 1.807) is 0 Å². The van der Waals surface area contributed by atoms with Crippen LogP contribution in [0.1, 0.15) is 20.7 Å². The highest BCUT2D eigenvalue weighted by Crippen LogP contribution is 2.32. The molecule has 3 aromatic carbocycles. The molecule has 0 aliphatic heterocycles. The van der Waals surface area contributed by atoms with Crippen molar-refractivity contribution in [1.29, 1.82) is 0 Å². The number of hydrogen-bond donors (Lipinski definition) is 2. The zero-order valence-corrected chi connectivity index (χ0v) is 14.8. The third-order valence-electron chi connectivity index (χ3n) is 3.75. The number of hydrogen-bond acceptors (Lipinski definition) is 7. The van der Waals surface area contributed by atoms with Crippen LogP contribution < -0.4 is 14.2 Å². The van der Waals surface area contributed by atoms with Crippen molar-refractivity contribution < 1.29 is 34.0 Å². The minimum absolute atomic E-state index is 0.0360. The van der Waals surface area contributed by atoms with E-state index < -0.39 is 11.9 Å². The zero-order chi connectivity index (χ0) is 20.1. The van der Waals surface area contributed by atoms with Crippen molar-refractivity contribution in [1.82, 2.24) is 0 Å². The molecule has 0 radical (unpaired) electrons. The van der Waals surface area contributed by atoms with Crippen molar-refractivity contribution in [3.8, 4) is 28.7 Å². The normalized spacial score (nSPS) is 10.2. The molecule has 0 fully saturated rings. The molecule has 0 amide bonds.